The van der Waals surface area contributed by atoms with Crippen molar-refractivity contribution >= 4 is 17.2 Å². The molecule has 1 fully saturated rings. The summed E-state index contributed by atoms with van der Waals surface area (Å²) in [5.41, 5.74) is 6.42. The van der Waals surface area contributed by atoms with E-state index in [1.807, 2.05) is 24.3 Å². The second-order valence-corrected chi connectivity index (χ2v) is 5.28. The molecule has 1 aliphatic rings. The van der Waals surface area contributed by atoms with E-state index >= 15 is 0 Å². The summed E-state index contributed by atoms with van der Waals surface area (Å²) in [7, 11) is 0. The largest absolute Gasteiger partial charge is 0.490 e. The summed E-state index contributed by atoms with van der Waals surface area (Å²) in [6.45, 7) is 3.56. The summed E-state index contributed by atoms with van der Waals surface area (Å²) in [6.07, 6.45) is 2.18. The molecule has 2 N–H and O–H groups in total. The highest BCUT2D eigenvalue weighted by Gasteiger charge is 2.13. The number of rotatable bonds is 7. The SMILES string of the molecule is NC(=S)c1ccccc1OCCOCC1CCOCC1. The van der Waals surface area contributed by atoms with E-state index in [1.165, 1.54) is 0 Å². The van der Waals surface area contributed by atoms with Gasteiger partial charge in [0, 0.05) is 19.8 Å². The number of nitrogens with two attached hydrogens (primary N) is 1. The lowest BCUT2D eigenvalue weighted by molar-refractivity contribution is 0.0139. The lowest BCUT2D eigenvalue weighted by atomic mass is 10.0. The molecule has 0 aromatic heterocycles. The summed E-state index contributed by atoms with van der Waals surface area (Å²) in [5.74, 6) is 1.34. The van der Waals surface area contributed by atoms with E-state index in [-0.39, 0.29) is 0 Å². The Labute approximate surface area is 125 Å². The van der Waals surface area contributed by atoms with Crippen molar-refractivity contribution in [3.8, 4) is 5.75 Å². The van der Waals surface area contributed by atoms with E-state index in [2.05, 4.69) is 0 Å². The first-order chi connectivity index (χ1) is 9.77. The van der Waals surface area contributed by atoms with Gasteiger partial charge in [0.1, 0.15) is 17.3 Å². The standard InChI is InChI=1S/C15H21NO3S/c16-15(20)13-3-1-2-4-14(13)19-10-9-18-11-12-5-7-17-8-6-12/h1-4,12H,5-11H2,(H2,16,20). The van der Waals surface area contributed by atoms with Gasteiger partial charge >= 0.3 is 0 Å². The van der Waals surface area contributed by atoms with Gasteiger partial charge in [-0.25, -0.2) is 0 Å². The Morgan fingerprint density at radius 1 is 1.25 bits per heavy atom. The van der Waals surface area contributed by atoms with Crippen molar-refractivity contribution in [1.29, 1.82) is 0 Å². The molecule has 1 aromatic rings. The van der Waals surface area contributed by atoms with E-state index < -0.39 is 0 Å². The number of benzene rings is 1. The summed E-state index contributed by atoms with van der Waals surface area (Å²) < 4.78 is 16.6. The number of thiocarbonyl (C=S) groups is 1. The monoisotopic (exact) mass is 295 g/mol. The number of ether oxygens (including phenoxy) is 3. The maximum absolute atomic E-state index is 5.67. The van der Waals surface area contributed by atoms with Gasteiger partial charge in [0.2, 0.25) is 0 Å². The van der Waals surface area contributed by atoms with E-state index in [9.17, 15) is 0 Å². The van der Waals surface area contributed by atoms with Crippen LogP contribution < -0.4 is 10.5 Å². The van der Waals surface area contributed by atoms with Crippen molar-refractivity contribution in [2.24, 2.45) is 11.7 Å². The van der Waals surface area contributed by atoms with Crippen molar-refractivity contribution in [3.63, 3.8) is 0 Å². The third-order valence-electron chi connectivity index (χ3n) is 3.33. The second-order valence-electron chi connectivity index (χ2n) is 4.84. The fourth-order valence-corrected chi connectivity index (χ4v) is 2.34. The number of hydrogen-bond donors (Lipinski definition) is 1. The van der Waals surface area contributed by atoms with Gasteiger partial charge in [-0.3, -0.25) is 0 Å². The van der Waals surface area contributed by atoms with Crippen LogP contribution >= 0.6 is 12.2 Å². The van der Waals surface area contributed by atoms with Crippen LogP contribution in [0.2, 0.25) is 0 Å². The zero-order valence-electron chi connectivity index (χ0n) is 11.5. The molecule has 0 radical (unpaired) electrons. The molecule has 0 unspecified atom stereocenters. The van der Waals surface area contributed by atoms with Gasteiger partial charge < -0.3 is 19.9 Å². The molecule has 1 saturated heterocycles. The summed E-state index contributed by atoms with van der Waals surface area (Å²) in [4.78, 5) is 0.351. The van der Waals surface area contributed by atoms with E-state index in [0.717, 1.165) is 44.0 Å². The minimum atomic E-state index is 0.351. The highest BCUT2D eigenvalue weighted by Crippen LogP contribution is 2.18. The van der Waals surface area contributed by atoms with Crippen LogP contribution in [0.5, 0.6) is 5.75 Å². The Bertz CT molecular complexity index is 433. The first-order valence-electron chi connectivity index (χ1n) is 6.94. The van der Waals surface area contributed by atoms with Gasteiger partial charge in [0.15, 0.2) is 0 Å². The second kappa shape index (κ2) is 8.19. The Morgan fingerprint density at radius 2 is 2.00 bits per heavy atom. The van der Waals surface area contributed by atoms with Crippen LogP contribution in [0.15, 0.2) is 24.3 Å². The summed E-state index contributed by atoms with van der Waals surface area (Å²) in [6, 6.07) is 7.52. The maximum Gasteiger partial charge on any atom is 0.129 e. The predicted octanol–water partition coefficient (Wildman–Crippen LogP) is 2.14. The average molecular weight is 295 g/mol. The van der Waals surface area contributed by atoms with Crippen molar-refractivity contribution in [1.82, 2.24) is 0 Å². The highest BCUT2D eigenvalue weighted by atomic mass is 32.1. The summed E-state index contributed by atoms with van der Waals surface area (Å²) in [5, 5.41) is 0. The lowest BCUT2D eigenvalue weighted by Crippen LogP contribution is -2.21. The zero-order chi connectivity index (χ0) is 14.2. The molecule has 1 aliphatic heterocycles. The molecular weight excluding hydrogens is 274 g/mol. The molecule has 110 valence electrons. The quantitative estimate of drug-likeness (QED) is 0.617. The normalized spacial score (nSPS) is 16.0. The van der Waals surface area contributed by atoms with Gasteiger partial charge in [-0.05, 0) is 30.9 Å². The fourth-order valence-electron chi connectivity index (χ4n) is 2.17. The zero-order valence-corrected chi connectivity index (χ0v) is 12.4. The summed E-state index contributed by atoms with van der Waals surface area (Å²) >= 11 is 4.99. The van der Waals surface area contributed by atoms with Gasteiger partial charge in [-0.2, -0.15) is 0 Å². The van der Waals surface area contributed by atoms with Crippen LogP contribution in [0, 0.1) is 5.92 Å². The maximum atomic E-state index is 5.67. The van der Waals surface area contributed by atoms with Gasteiger partial charge in [0.25, 0.3) is 0 Å². The average Bonchev–Trinajstić information content (AvgIpc) is 2.48. The van der Waals surface area contributed by atoms with Crippen LogP contribution in [0.25, 0.3) is 0 Å². The Morgan fingerprint density at radius 3 is 2.75 bits per heavy atom. The van der Waals surface area contributed by atoms with E-state index in [0.29, 0.717) is 24.1 Å². The molecule has 0 saturated carbocycles. The smallest absolute Gasteiger partial charge is 0.129 e. The molecule has 1 aromatic carbocycles. The molecule has 0 atom stereocenters. The van der Waals surface area contributed by atoms with Crippen LogP contribution in [0.4, 0.5) is 0 Å². The Balaban J connectivity index is 1.67. The van der Waals surface area contributed by atoms with Crippen LogP contribution in [-0.4, -0.2) is 38.0 Å². The Hall–Kier alpha value is -1.17. The first kappa shape index (κ1) is 15.2. The minimum Gasteiger partial charge on any atom is -0.490 e. The molecular formula is C15H21NO3S. The van der Waals surface area contributed by atoms with Crippen molar-refractivity contribution < 1.29 is 14.2 Å². The molecule has 0 spiro atoms. The third-order valence-corrected chi connectivity index (χ3v) is 3.55. The first-order valence-corrected chi connectivity index (χ1v) is 7.35. The molecule has 20 heavy (non-hydrogen) atoms. The Kier molecular flexibility index (Phi) is 6.24. The van der Waals surface area contributed by atoms with Crippen LogP contribution in [0.1, 0.15) is 18.4 Å². The van der Waals surface area contributed by atoms with E-state index in [1.54, 1.807) is 0 Å². The van der Waals surface area contributed by atoms with Crippen molar-refractivity contribution in [2.75, 3.05) is 33.0 Å². The molecule has 1 heterocycles. The van der Waals surface area contributed by atoms with Crippen molar-refractivity contribution in [2.45, 2.75) is 12.8 Å². The number of para-hydroxylation sites is 1. The van der Waals surface area contributed by atoms with Gasteiger partial charge in [-0.15, -0.1) is 0 Å². The molecule has 0 aliphatic carbocycles. The van der Waals surface area contributed by atoms with E-state index in [4.69, 9.17) is 32.2 Å². The third kappa shape index (κ3) is 4.74. The van der Waals surface area contributed by atoms with Gasteiger partial charge in [-0.1, -0.05) is 24.4 Å². The minimum absolute atomic E-state index is 0.351. The molecule has 0 amide bonds. The lowest BCUT2D eigenvalue weighted by Gasteiger charge is -2.21. The fraction of sp³-hybridized carbons (Fsp3) is 0.533. The molecule has 0 bridgehead atoms. The topological polar surface area (TPSA) is 53.7 Å². The number of hydrogen-bond acceptors (Lipinski definition) is 4. The van der Waals surface area contributed by atoms with Crippen LogP contribution in [-0.2, 0) is 9.47 Å². The predicted molar refractivity (Wildman–Crippen MR) is 82.2 cm³/mol. The van der Waals surface area contributed by atoms with Crippen molar-refractivity contribution in [3.05, 3.63) is 29.8 Å². The van der Waals surface area contributed by atoms with Gasteiger partial charge in [0.05, 0.1) is 12.2 Å². The highest BCUT2D eigenvalue weighted by molar-refractivity contribution is 7.80. The van der Waals surface area contributed by atoms with Crippen LogP contribution in [0.3, 0.4) is 0 Å². The molecule has 5 heteroatoms. The molecule has 4 nitrogen and oxygen atoms in total. The molecule has 2 rings (SSSR count).